The number of carbonyl (C=O) groups is 2. The second kappa shape index (κ2) is 7.21. The molecule has 0 aliphatic heterocycles. The Kier molecular flexibility index (Phi) is 5.57. The van der Waals surface area contributed by atoms with Gasteiger partial charge < -0.3 is 10.6 Å². The third kappa shape index (κ3) is 4.78. The molecule has 2 N–H and O–H groups in total. The first-order chi connectivity index (χ1) is 8.63. The Morgan fingerprint density at radius 2 is 1.94 bits per heavy atom. The van der Waals surface area contributed by atoms with Crippen molar-refractivity contribution in [1.29, 1.82) is 0 Å². The molecule has 0 radical (unpaired) electrons. The van der Waals surface area contributed by atoms with Crippen molar-refractivity contribution in [1.82, 2.24) is 10.6 Å². The molecule has 18 heavy (non-hydrogen) atoms. The molecule has 0 bridgehead atoms. The summed E-state index contributed by atoms with van der Waals surface area (Å²) >= 11 is 0. The highest BCUT2D eigenvalue weighted by molar-refractivity contribution is 5.85. The van der Waals surface area contributed by atoms with Gasteiger partial charge >= 0.3 is 0 Å². The van der Waals surface area contributed by atoms with Crippen molar-refractivity contribution in [2.75, 3.05) is 13.1 Å². The maximum Gasteiger partial charge on any atom is 0.239 e. The van der Waals surface area contributed by atoms with E-state index < -0.39 is 11.7 Å². The lowest BCUT2D eigenvalue weighted by atomic mass is 10.1. The molecular weight excluding hydrogens is 235 g/mol. The Morgan fingerprint density at radius 3 is 2.61 bits per heavy atom. The van der Waals surface area contributed by atoms with Crippen molar-refractivity contribution in [2.45, 2.75) is 6.42 Å². The fraction of sp³-hybridized carbons (Fsp3) is 0.231. The first-order valence-corrected chi connectivity index (χ1v) is 5.51. The molecule has 1 aromatic rings. The third-order valence-electron chi connectivity index (χ3n) is 2.20. The summed E-state index contributed by atoms with van der Waals surface area (Å²) in [5.74, 6) is -1.13. The molecule has 5 heteroatoms. The van der Waals surface area contributed by atoms with Gasteiger partial charge in [0.15, 0.2) is 0 Å². The quantitative estimate of drug-likeness (QED) is 0.733. The minimum Gasteiger partial charge on any atom is -0.351 e. The molecule has 0 aromatic heterocycles. The van der Waals surface area contributed by atoms with Gasteiger partial charge in [-0.25, -0.2) is 4.39 Å². The van der Waals surface area contributed by atoms with E-state index in [1.165, 1.54) is 12.1 Å². The van der Waals surface area contributed by atoms with Gasteiger partial charge in [-0.3, -0.25) is 9.59 Å². The lowest BCUT2D eigenvalue weighted by Crippen LogP contribution is -2.37. The second-order valence-corrected chi connectivity index (χ2v) is 3.64. The van der Waals surface area contributed by atoms with Crippen molar-refractivity contribution in [2.24, 2.45) is 0 Å². The molecule has 1 rings (SSSR count). The Balaban J connectivity index is 2.36. The van der Waals surface area contributed by atoms with Gasteiger partial charge in [-0.15, -0.1) is 6.58 Å². The van der Waals surface area contributed by atoms with E-state index >= 15 is 0 Å². The minimum atomic E-state index is -0.427. The standard InChI is InChI=1S/C13H15FN2O2/c1-2-7-15-13(18)9-16-12(17)8-10-5-3-4-6-11(10)14/h2-6H,1,7-9H2,(H,15,18)(H,16,17). The van der Waals surface area contributed by atoms with Crippen LogP contribution in [0.4, 0.5) is 4.39 Å². The molecule has 96 valence electrons. The van der Waals surface area contributed by atoms with E-state index in [2.05, 4.69) is 17.2 Å². The summed E-state index contributed by atoms with van der Waals surface area (Å²) in [6.45, 7) is 3.68. The molecular formula is C13H15FN2O2. The van der Waals surface area contributed by atoms with Crippen LogP contribution in [0.25, 0.3) is 0 Å². The fourth-order valence-electron chi connectivity index (χ4n) is 1.30. The van der Waals surface area contributed by atoms with Gasteiger partial charge in [-0.05, 0) is 11.6 Å². The molecule has 2 amide bonds. The van der Waals surface area contributed by atoms with E-state index in [0.717, 1.165) is 0 Å². The zero-order valence-corrected chi connectivity index (χ0v) is 9.91. The minimum absolute atomic E-state index is 0.0819. The van der Waals surface area contributed by atoms with Crippen molar-refractivity contribution < 1.29 is 14.0 Å². The zero-order chi connectivity index (χ0) is 13.4. The molecule has 0 fully saturated rings. The molecule has 0 heterocycles. The Bertz CT molecular complexity index is 446. The normalized spacial score (nSPS) is 9.61. The monoisotopic (exact) mass is 250 g/mol. The van der Waals surface area contributed by atoms with E-state index in [0.29, 0.717) is 12.1 Å². The number of amides is 2. The van der Waals surface area contributed by atoms with Crippen LogP contribution in [0.15, 0.2) is 36.9 Å². The van der Waals surface area contributed by atoms with E-state index in [1.807, 2.05) is 0 Å². The van der Waals surface area contributed by atoms with Gasteiger partial charge in [0.1, 0.15) is 5.82 Å². The highest BCUT2D eigenvalue weighted by Gasteiger charge is 2.08. The number of nitrogens with one attached hydrogen (secondary N) is 2. The fourth-order valence-corrected chi connectivity index (χ4v) is 1.30. The van der Waals surface area contributed by atoms with E-state index in [9.17, 15) is 14.0 Å². The first kappa shape index (κ1) is 13.9. The summed E-state index contributed by atoms with van der Waals surface area (Å²) in [6.07, 6.45) is 1.46. The van der Waals surface area contributed by atoms with E-state index in [4.69, 9.17) is 0 Å². The summed E-state index contributed by atoms with van der Waals surface area (Å²) in [7, 11) is 0. The van der Waals surface area contributed by atoms with Crippen LogP contribution < -0.4 is 10.6 Å². The van der Waals surface area contributed by atoms with Crippen LogP contribution in [0.3, 0.4) is 0 Å². The molecule has 0 saturated heterocycles. The summed E-state index contributed by atoms with van der Waals surface area (Å²) < 4.78 is 13.2. The Morgan fingerprint density at radius 1 is 1.22 bits per heavy atom. The van der Waals surface area contributed by atoms with Gasteiger partial charge in [0, 0.05) is 6.54 Å². The molecule has 0 aliphatic carbocycles. The maximum absolute atomic E-state index is 13.2. The maximum atomic E-state index is 13.2. The van der Waals surface area contributed by atoms with Crippen molar-refractivity contribution >= 4 is 11.8 Å². The van der Waals surface area contributed by atoms with Crippen LogP contribution in [-0.2, 0) is 16.0 Å². The van der Waals surface area contributed by atoms with Crippen molar-refractivity contribution in [3.63, 3.8) is 0 Å². The van der Waals surface area contributed by atoms with Crippen LogP contribution in [0.2, 0.25) is 0 Å². The number of hydrogen-bond donors (Lipinski definition) is 2. The number of benzene rings is 1. The number of hydrogen-bond acceptors (Lipinski definition) is 2. The van der Waals surface area contributed by atoms with Gasteiger partial charge in [-0.2, -0.15) is 0 Å². The van der Waals surface area contributed by atoms with E-state index in [-0.39, 0.29) is 18.9 Å². The molecule has 0 unspecified atom stereocenters. The lowest BCUT2D eigenvalue weighted by Gasteiger charge is -2.06. The number of rotatable bonds is 6. The van der Waals surface area contributed by atoms with Gasteiger partial charge in [0.25, 0.3) is 0 Å². The predicted molar refractivity (Wildman–Crippen MR) is 66.3 cm³/mol. The van der Waals surface area contributed by atoms with Crippen LogP contribution in [0.5, 0.6) is 0 Å². The summed E-state index contributed by atoms with van der Waals surface area (Å²) in [4.78, 5) is 22.6. The predicted octanol–water partition coefficient (Wildman–Crippen LogP) is 0.787. The van der Waals surface area contributed by atoms with Crippen molar-refractivity contribution in [3.05, 3.63) is 48.3 Å². The molecule has 0 spiro atoms. The van der Waals surface area contributed by atoms with E-state index in [1.54, 1.807) is 18.2 Å². The average Bonchev–Trinajstić information content (AvgIpc) is 2.36. The third-order valence-corrected chi connectivity index (χ3v) is 2.20. The van der Waals surface area contributed by atoms with Crippen LogP contribution in [0, 0.1) is 5.82 Å². The Labute approximate surface area is 105 Å². The van der Waals surface area contributed by atoms with Gasteiger partial charge in [-0.1, -0.05) is 24.3 Å². The number of carbonyl (C=O) groups excluding carboxylic acids is 2. The van der Waals surface area contributed by atoms with Crippen LogP contribution in [0.1, 0.15) is 5.56 Å². The molecule has 0 aliphatic rings. The largest absolute Gasteiger partial charge is 0.351 e. The topological polar surface area (TPSA) is 58.2 Å². The zero-order valence-electron chi connectivity index (χ0n) is 9.91. The Hall–Kier alpha value is -2.17. The average molecular weight is 250 g/mol. The highest BCUT2D eigenvalue weighted by atomic mass is 19.1. The SMILES string of the molecule is C=CCNC(=O)CNC(=O)Cc1ccccc1F. The van der Waals surface area contributed by atoms with Gasteiger partial charge in [0.05, 0.1) is 13.0 Å². The smallest absolute Gasteiger partial charge is 0.239 e. The lowest BCUT2D eigenvalue weighted by molar-refractivity contribution is -0.125. The molecule has 0 atom stereocenters. The van der Waals surface area contributed by atoms with Crippen molar-refractivity contribution in [3.8, 4) is 0 Å². The summed E-state index contributed by atoms with van der Waals surface area (Å²) in [5.41, 5.74) is 0.307. The molecule has 4 nitrogen and oxygen atoms in total. The molecule has 0 saturated carbocycles. The molecule has 1 aromatic carbocycles. The highest BCUT2D eigenvalue weighted by Crippen LogP contribution is 2.06. The van der Waals surface area contributed by atoms with Gasteiger partial charge in [0.2, 0.25) is 11.8 Å². The second-order valence-electron chi connectivity index (χ2n) is 3.64. The first-order valence-electron chi connectivity index (χ1n) is 5.51. The number of halogens is 1. The summed E-state index contributed by atoms with van der Waals surface area (Å²) in [5, 5.41) is 4.93. The van der Waals surface area contributed by atoms with Crippen LogP contribution in [-0.4, -0.2) is 24.9 Å². The van der Waals surface area contributed by atoms with Crippen LogP contribution >= 0.6 is 0 Å². The summed E-state index contributed by atoms with van der Waals surface area (Å²) in [6, 6.07) is 6.04.